The molecule has 1 fully saturated rings. The van der Waals surface area contributed by atoms with E-state index in [0.717, 1.165) is 17.0 Å². The van der Waals surface area contributed by atoms with Crippen LogP contribution in [0.4, 0.5) is 0 Å². The van der Waals surface area contributed by atoms with Crippen molar-refractivity contribution in [1.29, 1.82) is 0 Å². The predicted molar refractivity (Wildman–Crippen MR) is 67.0 cm³/mol. The van der Waals surface area contributed by atoms with Crippen molar-refractivity contribution < 1.29 is 18.6 Å². The Labute approximate surface area is 102 Å². The van der Waals surface area contributed by atoms with Crippen LogP contribution in [0.5, 0.6) is 11.5 Å². The first-order valence-corrected chi connectivity index (χ1v) is 7.44. The fourth-order valence-electron chi connectivity index (χ4n) is 1.94. The first-order chi connectivity index (χ1) is 8.03. The molecule has 3 rings (SSSR count). The Morgan fingerprint density at radius 1 is 1.24 bits per heavy atom. The predicted octanol–water partition coefficient (Wildman–Crippen LogP) is 1.92. The molecule has 0 aliphatic carbocycles. The number of hydrogen-bond donors (Lipinski definition) is 0. The Hall–Kier alpha value is -0.765. The van der Waals surface area contributed by atoms with E-state index >= 15 is 0 Å². The molecule has 0 saturated carbocycles. The normalized spacial score (nSPS) is 25.4. The van der Waals surface area contributed by atoms with Crippen molar-refractivity contribution in [2.45, 2.75) is 19.6 Å². The smallest absolute Gasteiger partial charge is 0.449 e. The van der Waals surface area contributed by atoms with Crippen molar-refractivity contribution in [3.63, 3.8) is 0 Å². The van der Waals surface area contributed by atoms with E-state index in [1.807, 2.05) is 32.0 Å². The molecule has 2 aliphatic heterocycles. The highest BCUT2D eigenvalue weighted by molar-refractivity contribution is 7.53. The van der Waals surface area contributed by atoms with Gasteiger partial charge in [-0.05, 0) is 24.3 Å². The lowest BCUT2D eigenvalue weighted by Gasteiger charge is -2.16. The minimum atomic E-state index is -0.588. The molecule has 90 valence electrons. The van der Waals surface area contributed by atoms with E-state index in [1.165, 1.54) is 0 Å². The second-order valence-electron chi connectivity index (χ2n) is 4.67. The van der Waals surface area contributed by atoms with E-state index in [-0.39, 0.29) is 7.12 Å². The molecule has 0 amide bonds. The molecular weight excluding hydrogens is 238 g/mol. The van der Waals surface area contributed by atoms with E-state index in [4.69, 9.17) is 18.6 Å². The summed E-state index contributed by atoms with van der Waals surface area (Å²) in [5.74, 6) is 0.943. The first-order valence-electron chi connectivity index (χ1n) is 5.55. The molecule has 1 saturated heterocycles. The standard InChI is InChI=1S/C11H14BO4P/c1-11(2)14-9-5-4-8(6-10(9)15-11)12-13-7-17(3)16-12/h4-6H,7H2,1-3H3. The minimum absolute atomic E-state index is 0.260. The molecule has 2 aliphatic rings. The molecule has 4 nitrogen and oxygen atoms in total. The zero-order valence-corrected chi connectivity index (χ0v) is 11.0. The summed E-state index contributed by atoms with van der Waals surface area (Å²) >= 11 is 0. The molecule has 6 heteroatoms. The Balaban J connectivity index is 1.86. The third kappa shape index (κ3) is 2.15. The topological polar surface area (TPSA) is 36.9 Å². The lowest BCUT2D eigenvalue weighted by atomic mass is 9.79. The van der Waals surface area contributed by atoms with Crippen LogP contribution in [0.2, 0.25) is 0 Å². The summed E-state index contributed by atoms with van der Waals surface area (Å²) in [4.78, 5) is 0. The van der Waals surface area contributed by atoms with E-state index in [2.05, 4.69) is 6.66 Å². The van der Waals surface area contributed by atoms with Gasteiger partial charge in [0, 0.05) is 22.0 Å². The van der Waals surface area contributed by atoms with E-state index in [1.54, 1.807) is 0 Å². The average molecular weight is 252 g/mol. The van der Waals surface area contributed by atoms with Crippen LogP contribution in [0.15, 0.2) is 18.2 Å². The van der Waals surface area contributed by atoms with Crippen LogP contribution in [0.25, 0.3) is 0 Å². The zero-order valence-electron chi connectivity index (χ0n) is 10.1. The fourth-order valence-corrected chi connectivity index (χ4v) is 2.86. The Bertz CT molecular complexity index is 451. The zero-order chi connectivity index (χ0) is 12.0. The summed E-state index contributed by atoms with van der Waals surface area (Å²) in [7, 11) is -0.708. The van der Waals surface area contributed by atoms with Gasteiger partial charge in [0.05, 0.1) is 6.35 Å². The van der Waals surface area contributed by atoms with Crippen LogP contribution >= 0.6 is 8.15 Å². The maximum Gasteiger partial charge on any atom is 0.497 e. The fraction of sp³-hybridized carbons (Fsp3) is 0.455. The second-order valence-corrected chi connectivity index (χ2v) is 6.40. The van der Waals surface area contributed by atoms with Crippen LogP contribution in [0.3, 0.4) is 0 Å². The number of ether oxygens (including phenoxy) is 2. The highest BCUT2D eigenvalue weighted by Crippen LogP contribution is 2.41. The third-order valence-corrected chi connectivity index (χ3v) is 3.70. The molecule has 0 aromatic heterocycles. The van der Waals surface area contributed by atoms with Gasteiger partial charge >= 0.3 is 7.12 Å². The van der Waals surface area contributed by atoms with Crippen LogP contribution < -0.4 is 14.9 Å². The molecule has 2 heterocycles. The summed E-state index contributed by atoms with van der Waals surface area (Å²) in [6.07, 6.45) is 0.694. The Morgan fingerprint density at radius 3 is 2.71 bits per heavy atom. The number of hydrogen-bond acceptors (Lipinski definition) is 4. The first kappa shape index (κ1) is 11.3. The van der Waals surface area contributed by atoms with Crippen molar-refractivity contribution >= 4 is 20.7 Å². The Kier molecular flexibility index (Phi) is 2.58. The lowest BCUT2D eigenvalue weighted by molar-refractivity contribution is -0.0431. The maximum absolute atomic E-state index is 5.71. The van der Waals surface area contributed by atoms with Gasteiger partial charge < -0.3 is 18.6 Å². The lowest BCUT2D eigenvalue weighted by Crippen LogP contribution is -2.31. The van der Waals surface area contributed by atoms with Gasteiger partial charge in [0.25, 0.3) is 0 Å². The summed E-state index contributed by atoms with van der Waals surface area (Å²) < 4.78 is 22.6. The van der Waals surface area contributed by atoms with Crippen LogP contribution in [0.1, 0.15) is 13.8 Å². The molecule has 1 atom stereocenters. The Morgan fingerprint density at radius 2 is 2.00 bits per heavy atom. The molecule has 0 N–H and O–H groups in total. The maximum atomic E-state index is 5.71. The monoisotopic (exact) mass is 252 g/mol. The van der Waals surface area contributed by atoms with Crippen molar-refractivity contribution in [1.82, 2.24) is 0 Å². The van der Waals surface area contributed by atoms with Crippen LogP contribution in [-0.4, -0.2) is 25.9 Å². The summed E-state index contributed by atoms with van der Waals surface area (Å²) in [5, 5.41) is 0. The second kappa shape index (κ2) is 3.87. The van der Waals surface area contributed by atoms with Crippen molar-refractivity contribution in [2.75, 3.05) is 13.0 Å². The number of fused-ring (bicyclic) bond motifs is 1. The highest BCUT2D eigenvalue weighted by Gasteiger charge is 2.35. The van der Waals surface area contributed by atoms with Gasteiger partial charge in [-0.2, -0.15) is 0 Å². The van der Waals surface area contributed by atoms with Crippen molar-refractivity contribution in [3.05, 3.63) is 18.2 Å². The van der Waals surface area contributed by atoms with Crippen LogP contribution in [0, 0.1) is 0 Å². The summed E-state index contributed by atoms with van der Waals surface area (Å²) in [6.45, 7) is 5.84. The van der Waals surface area contributed by atoms with Gasteiger partial charge in [0.15, 0.2) is 11.5 Å². The highest BCUT2D eigenvalue weighted by atomic mass is 31.1. The number of benzene rings is 1. The van der Waals surface area contributed by atoms with Gasteiger partial charge in [-0.3, -0.25) is 0 Å². The van der Waals surface area contributed by atoms with E-state index in [9.17, 15) is 0 Å². The molecule has 1 unspecified atom stereocenters. The molecule has 1 aromatic carbocycles. The van der Waals surface area contributed by atoms with E-state index in [0.29, 0.717) is 6.35 Å². The third-order valence-electron chi connectivity index (χ3n) is 2.63. The molecule has 1 aromatic rings. The minimum Gasteiger partial charge on any atom is -0.449 e. The largest absolute Gasteiger partial charge is 0.497 e. The van der Waals surface area contributed by atoms with Crippen molar-refractivity contribution in [2.24, 2.45) is 0 Å². The van der Waals surface area contributed by atoms with Gasteiger partial charge in [-0.15, -0.1) is 0 Å². The summed E-state index contributed by atoms with van der Waals surface area (Å²) in [5.41, 5.74) is 0.983. The van der Waals surface area contributed by atoms with E-state index < -0.39 is 13.9 Å². The molecule has 0 bridgehead atoms. The molecular formula is C11H14BO4P. The number of rotatable bonds is 1. The molecule has 0 radical (unpaired) electrons. The van der Waals surface area contributed by atoms with Crippen molar-refractivity contribution in [3.8, 4) is 11.5 Å². The SMILES string of the molecule is CP1COB(c2ccc3c(c2)OC(C)(C)O3)O1. The quantitative estimate of drug-likeness (QED) is 0.565. The van der Waals surface area contributed by atoms with Gasteiger partial charge in [-0.1, -0.05) is 6.07 Å². The molecule has 0 spiro atoms. The van der Waals surface area contributed by atoms with Gasteiger partial charge in [0.2, 0.25) is 5.79 Å². The molecule has 17 heavy (non-hydrogen) atoms. The summed E-state index contributed by atoms with van der Waals surface area (Å²) in [6, 6.07) is 5.80. The average Bonchev–Trinajstić information content (AvgIpc) is 2.78. The van der Waals surface area contributed by atoms with Gasteiger partial charge in [0.1, 0.15) is 0 Å². The van der Waals surface area contributed by atoms with Crippen LogP contribution in [-0.2, 0) is 9.10 Å². The van der Waals surface area contributed by atoms with Gasteiger partial charge in [-0.25, -0.2) is 0 Å².